The summed E-state index contributed by atoms with van der Waals surface area (Å²) < 4.78 is 27.2. The monoisotopic (exact) mass is 301 g/mol. The summed E-state index contributed by atoms with van der Waals surface area (Å²) in [6, 6.07) is 2.94. The van der Waals surface area contributed by atoms with Gasteiger partial charge in [-0.15, -0.1) is 11.3 Å². The van der Waals surface area contributed by atoms with Gasteiger partial charge in [0.05, 0.1) is 6.54 Å². The number of nitrogens with one attached hydrogen (secondary N) is 1. The van der Waals surface area contributed by atoms with E-state index in [9.17, 15) is 8.42 Å². The van der Waals surface area contributed by atoms with Crippen LogP contribution in [0.1, 0.15) is 22.6 Å². The average molecular weight is 301 g/mol. The van der Waals surface area contributed by atoms with Gasteiger partial charge < -0.3 is 9.73 Å². The highest BCUT2D eigenvalue weighted by atomic mass is 32.2. The summed E-state index contributed by atoms with van der Waals surface area (Å²) in [6.07, 6.45) is 2.85. The van der Waals surface area contributed by atoms with E-state index in [-0.39, 0.29) is 5.09 Å². The van der Waals surface area contributed by atoms with E-state index in [0.717, 1.165) is 11.4 Å². The van der Waals surface area contributed by atoms with E-state index in [2.05, 4.69) is 17.2 Å². The molecule has 6 nitrogen and oxygen atoms in total. The molecule has 0 aromatic carbocycles. The molecule has 0 fully saturated rings. The van der Waals surface area contributed by atoms with Crippen molar-refractivity contribution < 1.29 is 12.8 Å². The normalized spacial score (nSPS) is 11.9. The summed E-state index contributed by atoms with van der Waals surface area (Å²) in [7, 11) is -3.76. The van der Waals surface area contributed by atoms with Gasteiger partial charge in [-0.05, 0) is 18.6 Å². The summed E-state index contributed by atoms with van der Waals surface area (Å²) in [4.78, 5) is 5.51. The maximum Gasteiger partial charge on any atom is 0.271 e. The summed E-state index contributed by atoms with van der Waals surface area (Å²) >= 11 is 1.66. The average Bonchev–Trinajstić information content (AvgIpc) is 2.96. The lowest BCUT2D eigenvalue weighted by atomic mass is 10.4. The Labute approximate surface area is 115 Å². The molecule has 0 saturated carbocycles. The zero-order chi connectivity index (χ0) is 13.9. The molecule has 2 heterocycles. The van der Waals surface area contributed by atoms with Crippen LogP contribution in [0.3, 0.4) is 0 Å². The van der Waals surface area contributed by atoms with Crippen LogP contribution >= 0.6 is 11.3 Å². The Hall–Kier alpha value is -1.22. The molecule has 0 amide bonds. The van der Waals surface area contributed by atoms with Gasteiger partial charge in [-0.1, -0.05) is 6.92 Å². The van der Waals surface area contributed by atoms with Gasteiger partial charge in [-0.2, -0.15) is 0 Å². The topological polar surface area (TPSA) is 98.2 Å². The third kappa shape index (κ3) is 3.87. The Morgan fingerprint density at radius 3 is 2.79 bits per heavy atom. The molecule has 0 bridgehead atoms. The van der Waals surface area contributed by atoms with Crippen LogP contribution in [0.4, 0.5) is 0 Å². The zero-order valence-corrected chi connectivity index (χ0v) is 12.1. The van der Waals surface area contributed by atoms with Crippen LogP contribution in [0.15, 0.2) is 27.8 Å². The first kappa shape index (κ1) is 14.2. The molecule has 2 aromatic heterocycles. The third-order valence-corrected chi connectivity index (χ3v) is 4.36. The number of primary sulfonamides is 1. The maximum atomic E-state index is 11.0. The number of aryl methyl sites for hydroxylation is 1. The van der Waals surface area contributed by atoms with Crippen LogP contribution in [0.5, 0.6) is 0 Å². The molecular formula is C11H15N3O3S2. The molecule has 0 aliphatic rings. The second kappa shape index (κ2) is 5.83. The minimum Gasteiger partial charge on any atom is -0.447 e. The Kier molecular flexibility index (Phi) is 4.35. The van der Waals surface area contributed by atoms with E-state index in [0.29, 0.717) is 18.8 Å². The Balaban J connectivity index is 1.87. The predicted molar refractivity (Wildman–Crippen MR) is 72.1 cm³/mol. The fraction of sp³-hybridized carbons (Fsp3) is 0.364. The van der Waals surface area contributed by atoms with Crippen LogP contribution in [-0.2, 0) is 29.5 Å². The van der Waals surface area contributed by atoms with Gasteiger partial charge >= 0.3 is 0 Å². The SMILES string of the molecule is CCc1cnc(CNCc2ccc(S(N)(=O)=O)o2)s1. The molecule has 2 aromatic rings. The maximum absolute atomic E-state index is 11.0. The number of rotatable bonds is 6. The molecule has 0 saturated heterocycles. The molecule has 0 unspecified atom stereocenters. The molecule has 0 radical (unpaired) electrons. The first-order chi connectivity index (χ1) is 8.99. The van der Waals surface area contributed by atoms with Crippen molar-refractivity contribution >= 4 is 21.4 Å². The van der Waals surface area contributed by atoms with Crippen molar-refractivity contribution in [3.8, 4) is 0 Å². The van der Waals surface area contributed by atoms with E-state index in [1.165, 1.54) is 10.9 Å². The van der Waals surface area contributed by atoms with Crippen molar-refractivity contribution in [2.75, 3.05) is 0 Å². The van der Waals surface area contributed by atoms with Crippen molar-refractivity contribution in [2.24, 2.45) is 5.14 Å². The summed E-state index contributed by atoms with van der Waals surface area (Å²) in [5.41, 5.74) is 0. The molecule has 8 heteroatoms. The zero-order valence-electron chi connectivity index (χ0n) is 10.4. The lowest BCUT2D eigenvalue weighted by molar-refractivity contribution is 0.402. The molecule has 2 rings (SSSR count). The lowest BCUT2D eigenvalue weighted by Crippen LogP contribution is -2.12. The second-order valence-corrected chi connectivity index (χ2v) is 6.64. The molecule has 0 aliphatic heterocycles. The van der Waals surface area contributed by atoms with Crippen LogP contribution in [0, 0.1) is 0 Å². The van der Waals surface area contributed by atoms with Crippen LogP contribution < -0.4 is 10.5 Å². The van der Waals surface area contributed by atoms with Gasteiger partial charge in [0, 0.05) is 17.6 Å². The summed E-state index contributed by atoms with van der Waals surface area (Å²) in [5, 5.41) is 8.88. The number of furan rings is 1. The van der Waals surface area contributed by atoms with Gasteiger partial charge in [-0.25, -0.2) is 18.5 Å². The molecule has 0 aliphatic carbocycles. The van der Waals surface area contributed by atoms with Crippen molar-refractivity contribution in [3.63, 3.8) is 0 Å². The quantitative estimate of drug-likeness (QED) is 0.836. The van der Waals surface area contributed by atoms with Crippen molar-refractivity contribution in [1.82, 2.24) is 10.3 Å². The van der Waals surface area contributed by atoms with Gasteiger partial charge in [0.15, 0.2) is 0 Å². The molecule has 104 valence electrons. The second-order valence-electron chi connectivity index (χ2n) is 3.94. The van der Waals surface area contributed by atoms with E-state index >= 15 is 0 Å². The Bertz CT molecular complexity index is 646. The number of thiazole rings is 1. The number of hydrogen-bond acceptors (Lipinski definition) is 6. The third-order valence-electron chi connectivity index (χ3n) is 2.44. The summed E-state index contributed by atoms with van der Waals surface area (Å²) in [5.74, 6) is 0.524. The Morgan fingerprint density at radius 2 is 2.21 bits per heavy atom. The Morgan fingerprint density at radius 1 is 1.42 bits per heavy atom. The predicted octanol–water partition coefficient (Wildman–Crippen LogP) is 1.24. The fourth-order valence-corrected chi connectivity index (χ4v) is 2.80. The summed E-state index contributed by atoms with van der Waals surface area (Å²) in [6.45, 7) is 3.13. The molecular weight excluding hydrogens is 286 g/mol. The highest BCUT2D eigenvalue weighted by molar-refractivity contribution is 7.89. The van der Waals surface area contributed by atoms with Gasteiger partial charge in [0.1, 0.15) is 10.8 Å². The first-order valence-corrected chi connectivity index (χ1v) is 8.11. The molecule has 3 N–H and O–H groups in total. The largest absolute Gasteiger partial charge is 0.447 e. The lowest BCUT2D eigenvalue weighted by Gasteiger charge is -1.99. The highest BCUT2D eigenvalue weighted by Crippen LogP contribution is 2.14. The van der Waals surface area contributed by atoms with Crippen LogP contribution in [-0.4, -0.2) is 13.4 Å². The highest BCUT2D eigenvalue weighted by Gasteiger charge is 2.12. The van der Waals surface area contributed by atoms with Crippen molar-refractivity contribution in [1.29, 1.82) is 0 Å². The van der Waals surface area contributed by atoms with Crippen LogP contribution in [0.2, 0.25) is 0 Å². The fourth-order valence-electron chi connectivity index (χ4n) is 1.49. The molecule has 19 heavy (non-hydrogen) atoms. The number of nitrogens with two attached hydrogens (primary N) is 1. The number of hydrogen-bond donors (Lipinski definition) is 2. The van der Waals surface area contributed by atoms with E-state index in [1.807, 2.05) is 6.20 Å². The number of sulfonamides is 1. The minimum atomic E-state index is -3.76. The van der Waals surface area contributed by atoms with Crippen molar-refractivity contribution in [3.05, 3.63) is 34.0 Å². The van der Waals surface area contributed by atoms with Gasteiger partial charge in [0.25, 0.3) is 10.0 Å². The van der Waals surface area contributed by atoms with E-state index < -0.39 is 10.0 Å². The minimum absolute atomic E-state index is 0.216. The first-order valence-electron chi connectivity index (χ1n) is 5.75. The number of aromatic nitrogens is 1. The van der Waals surface area contributed by atoms with E-state index in [1.54, 1.807) is 17.4 Å². The van der Waals surface area contributed by atoms with Gasteiger partial charge in [-0.3, -0.25) is 0 Å². The van der Waals surface area contributed by atoms with Crippen LogP contribution in [0.25, 0.3) is 0 Å². The molecule has 0 atom stereocenters. The standard InChI is InChI=1S/C11H15N3O3S2/c1-2-9-6-14-10(18-9)7-13-5-8-3-4-11(17-8)19(12,15)16/h3-4,6,13H,2,5,7H2,1H3,(H2,12,15,16). The number of nitrogens with zero attached hydrogens (tertiary/aromatic N) is 1. The van der Waals surface area contributed by atoms with Gasteiger partial charge in [0.2, 0.25) is 5.09 Å². The van der Waals surface area contributed by atoms with Crippen molar-refractivity contribution in [2.45, 2.75) is 31.5 Å². The van der Waals surface area contributed by atoms with E-state index in [4.69, 9.17) is 9.56 Å². The molecule has 0 spiro atoms. The smallest absolute Gasteiger partial charge is 0.271 e.